The van der Waals surface area contributed by atoms with Gasteiger partial charge in [-0.05, 0) is 30.9 Å². The molecule has 1 amide bonds. The molecule has 0 N–H and O–H groups in total. The Morgan fingerprint density at radius 2 is 2.19 bits per heavy atom. The van der Waals surface area contributed by atoms with Crippen LogP contribution in [0.25, 0.3) is 0 Å². The molecular formula is C17H19ClFN5O2. The summed E-state index contributed by atoms with van der Waals surface area (Å²) in [4.78, 5) is 31.2. The van der Waals surface area contributed by atoms with Crippen LogP contribution in [-0.2, 0) is 17.8 Å². The van der Waals surface area contributed by atoms with Crippen molar-refractivity contribution in [1.82, 2.24) is 24.2 Å². The molecule has 2 atom stereocenters. The van der Waals surface area contributed by atoms with Crippen LogP contribution < -0.4 is 5.69 Å². The molecule has 0 spiro atoms. The van der Waals surface area contributed by atoms with Crippen molar-refractivity contribution in [3.05, 3.63) is 45.4 Å². The zero-order chi connectivity index (χ0) is 18.3. The Kier molecular flexibility index (Phi) is 4.52. The summed E-state index contributed by atoms with van der Waals surface area (Å²) in [5.41, 5.74) is 0.485. The van der Waals surface area contributed by atoms with Gasteiger partial charge in [0.1, 0.15) is 23.2 Å². The molecule has 2 aliphatic heterocycles. The van der Waals surface area contributed by atoms with Crippen LogP contribution in [0.3, 0.4) is 0 Å². The molecule has 0 saturated carbocycles. The number of nitrogens with zero attached hydrogens (tertiary/aromatic N) is 5. The van der Waals surface area contributed by atoms with Crippen LogP contribution in [-0.4, -0.2) is 49.4 Å². The predicted octanol–water partition coefficient (Wildman–Crippen LogP) is 1.59. The van der Waals surface area contributed by atoms with Gasteiger partial charge >= 0.3 is 5.69 Å². The first-order chi connectivity index (χ1) is 12.5. The van der Waals surface area contributed by atoms with E-state index in [0.717, 1.165) is 12.0 Å². The number of carbonyl (C=O) groups is 1. The van der Waals surface area contributed by atoms with Gasteiger partial charge in [0.25, 0.3) is 0 Å². The Bertz CT molecular complexity index is 878. The fraction of sp³-hybridized carbons (Fsp3) is 0.529. The number of alkyl halides is 1. The number of fused-ring (bicyclic) bond motifs is 1. The minimum atomic E-state index is -0.973. The number of aryl methyl sites for hydroxylation is 1. The minimum absolute atomic E-state index is 0.115. The molecule has 2 aromatic rings. The summed E-state index contributed by atoms with van der Waals surface area (Å²) < 4.78 is 16.3. The summed E-state index contributed by atoms with van der Waals surface area (Å²) >= 11 is 5.79. The van der Waals surface area contributed by atoms with Crippen LogP contribution in [0, 0.1) is 0 Å². The molecule has 0 radical (unpaired) electrons. The lowest BCUT2D eigenvalue weighted by molar-refractivity contribution is -0.134. The lowest BCUT2D eigenvalue weighted by Crippen LogP contribution is -2.41. The van der Waals surface area contributed by atoms with Gasteiger partial charge in [-0.25, -0.2) is 18.9 Å². The SMILES string of the molecule is O=C([C@@H]1CCCc2nn(Cc3ccc(Cl)nc3)c(=O)n21)N1CC[C@H](F)C1. The van der Waals surface area contributed by atoms with E-state index in [1.54, 1.807) is 18.3 Å². The standard InChI is InChI=1S/C17H19ClFN5O2/c18-14-5-4-11(8-20-14)9-23-17(26)24-13(2-1-3-15(24)21-23)16(25)22-7-6-12(19)10-22/h4-5,8,12-13H,1-3,6-7,9-10H2/t12-,13-/m0/s1. The van der Waals surface area contributed by atoms with E-state index in [9.17, 15) is 14.0 Å². The van der Waals surface area contributed by atoms with E-state index in [1.807, 2.05) is 0 Å². The van der Waals surface area contributed by atoms with Crippen molar-refractivity contribution in [1.29, 1.82) is 0 Å². The number of aromatic nitrogens is 4. The maximum Gasteiger partial charge on any atom is 0.346 e. The van der Waals surface area contributed by atoms with Crippen LogP contribution in [0.5, 0.6) is 0 Å². The molecule has 1 saturated heterocycles. The maximum absolute atomic E-state index is 13.5. The highest BCUT2D eigenvalue weighted by molar-refractivity contribution is 6.29. The number of hydrogen-bond donors (Lipinski definition) is 0. The fourth-order valence-corrected chi connectivity index (χ4v) is 3.78. The van der Waals surface area contributed by atoms with Crippen LogP contribution in [0.4, 0.5) is 4.39 Å². The molecular weight excluding hydrogens is 361 g/mol. The molecule has 138 valence electrons. The van der Waals surface area contributed by atoms with Crippen LogP contribution in [0.15, 0.2) is 23.1 Å². The van der Waals surface area contributed by atoms with Crippen LogP contribution in [0.1, 0.15) is 36.7 Å². The third kappa shape index (κ3) is 3.13. The number of amides is 1. The van der Waals surface area contributed by atoms with Gasteiger partial charge in [-0.3, -0.25) is 9.36 Å². The zero-order valence-corrected chi connectivity index (χ0v) is 14.9. The highest BCUT2D eigenvalue weighted by Gasteiger charge is 2.36. The van der Waals surface area contributed by atoms with Gasteiger partial charge in [-0.15, -0.1) is 0 Å². The molecule has 1 fully saturated rings. The van der Waals surface area contributed by atoms with Crippen molar-refractivity contribution >= 4 is 17.5 Å². The molecule has 9 heteroatoms. The molecule has 2 aromatic heterocycles. The number of halogens is 2. The fourth-order valence-electron chi connectivity index (χ4n) is 3.67. The van der Waals surface area contributed by atoms with Gasteiger partial charge in [-0.1, -0.05) is 17.7 Å². The molecule has 4 heterocycles. The highest BCUT2D eigenvalue weighted by atomic mass is 35.5. The molecule has 4 rings (SSSR count). The van der Waals surface area contributed by atoms with Gasteiger partial charge in [0.2, 0.25) is 5.91 Å². The lowest BCUT2D eigenvalue weighted by Gasteiger charge is -2.26. The Balaban J connectivity index is 1.62. The second-order valence-corrected chi connectivity index (χ2v) is 7.18. The van der Waals surface area contributed by atoms with Gasteiger partial charge < -0.3 is 4.90 Å². The first-order valence-electron chi connectivity index (χ1n) is 8.74. The first-order valence-corrected chi connectivity index (χ1v) is 9.12. The van der Waals surface area contributed by atoms with Crippen LogP contribution >= 0.6 is 11.6 Å². The second-order valence-electron chi connectivity index (χ2n) is 6.79. The first kappa shape index (κ1) is 17.2. The van der Waals surface area contributed by atoms with E-state index in [-0.39, 0.29) is 24.7 Å². The van der Waals surface area contributed by atoms with Crippen molar-refractivity contribution in [2.24, 2.45) is 0 Å². The number of rotatable bonds is 3. The lowest BCUT2D eigenvalue weighted by atomic mass is 10.0. The summed E-state index contributed by atoms with van der Waals surface area (Å²) in [6.07, 6.45) is 3.00. The van der Waals surface area contributed by atoms with Crippen molar-refractivity contribution in [3.8, 4) is 0 Å². The summed E-state index contributed by atoms with van der Waals surface area (Å²) in [5.74, 6) is 0.429. The summed E-state index contributed by atoms with van der Waals surface area (Å²) in [6, 6.07) is 2.85. The van der Waals surface area contributed by atoms with E-state index in [4.69, 9.17) is 11.6 Å². The molecule has 26 heavy (non-hydrogen) atoms. The largest absolute Gasteiger partial charge is 0.346 e. The molecule has 0 unspecified atom stereocenters. The van der Waals surface area contributed by atoms with Gasteiger partial charge in [0.15, 0.2) is 0 Å². The highest BCUT2D eigenvalue weighted by Crippen LogP contribution is 2.26. The Labute approximate surface area is 154 Å². The summed E-state index contributed by atoms with van der Waals surface area (Å²) in [6.45, 7) is 0.787. The van der Waals surface area contributed by atoms with Crippen LogP contribution in [0.2, 0.25) is 5.15 Å². The third-order valence-corrected chi connectivity index (χ3v) is 5.20. The van der Waals surface area contributed by atoms with E-state index in [0.29, 0.717) is 36.8 Å². The topological polar surface area (TPSA) is 73.0 Å². The molecule has 0 aromatic carbocycles. The van der Waals surface area contributed by atoms with Gasteiger partial charge in [0.05, 0.1) is 13.1 Å². The number of carbonyl (C=O) groups excluding carboxylic acids is 1. The van der Waals surface area contributed by atoms with Crippen molar-refractivity contribution in [2.45, 2.75) is 44.4 Å². The summed E-state index contributed by atoms with van der Waals surface area (Å²) in [5, 5.41) is 4.79. The molecule has 0 aliphatic carbocycles. The monoisotopic (exact) mass is 379 g/mol. The molecule has 2 aliphatic rings. The van der Waals surface area contributed by atoms with Crippen molar-refractivity contribution in [3.63, 3.8) is 0 Å². The second kappa shape index (κ2) is 6.83. The van der Waals surface area contributed by atoms with E-state index in [2.05, 4.69) is 10.1 Å². The average molecular weight is 380 g/mol. The van der Waals surface area contributed by atoms with Crippen molar-refractivity contribution < 1.29 is 9.18 Å². The third-order valence-electron chi connectivity index (χ3n) is 4.98. The number of hydrogen-bond acceptors (Lipinski definition) is 4. The predicted molar refractivity (Wildman–Crippen MR) is 92.9 cm³/mol. The number of likely N-dealkylation sites (tertiary alicyclic amines) is 1. The molecule has 7 nitrogen and oxygen atoms in total. The average Bonchev–Trinajstić information content (AvgIpc) is 3.20. The molecule has 0 bridgehead atoms. The minimum Gasteiger partial charge on any atom is -0.338 e. The van der Waals surface area contributed by atoms with Gasteiger partial charge in [0, 0.05) is 19.2 Å². The Morgan fingerprint density at radius 1 is 1.35 bits per heavy atom. The summed E-state index contributed by atoms with van der Waals surface area (Å²) in [7, 11) is 0. The quantitative estimate of drug-likeness (QED) is 0.759. The van der Waals surface area contributed by atoms with E-state index >= 15 is 0 Å². The van der Waals surface area contributed by atoms with E-state index in [1.165, 1.54) is 14.1 Å². The smallest absolute Gasteiger partial charge is 0.338 e. The Morgan fingerprint density at radius 3 is 2.88 bits per heavy atom. The Hall–Kier alpha value is -2.22. The maximum atomic E-state index is 13.5. The normalized spacial score (nSPS) is 22.5. The van der Waals surface area contributed by atoms with E-state index < -0.39 is 12.2 Å². The van der Waals surface area contributed by atoms with Gasteiger partial charge in [-0.2, -0.15) is 5.10 Å². The van der Waals surface area contributed by atoms with Crippen molar-refractivity contribution in [2.75, 3.05) is 13.1 Å². The number of pyridine rings is 1. The zero-order valence-electron chi connectivity index (χ0n) is 14.1.